The second kappa shape index (κ2) is 6.84. The molecule has 3 aromatic rings. The maximum absolute atomic E-state index is 12.1. The molecule has 1 N–H and O–H groups in total. The Kier molecular flexibility index (Phi) is 4.40. The van der Waals surface area contributed by atoms with Crippen LogP contribution < -0.4 is 15.6 Å². The summed E-state index contributed by atoms with van der Waals surface area (Å²) < 4.78 is 7.40. The molecule has 6 nitrogen and oxygen atoms in total. The van der Waals surface area contributed by atoms with Crippen LogP contribution in [0.5, 0.6) is 5.75 Å². The molecule has 4 rings (SSSR count). The zero-order valence-corrected chi connectivity index (χ0v) is 14.9. The lowest BCUT2D eigenvalue weighted by molar-refractivity contribution is 0.119. The molecule has 0 atom stereocenters. The molecule has 25 heavy (non-hydrogen) atoms. The van der Waals surface area contributed by atoms with Gasteiger partial charge in [-0.2, -0.15) is 4.52 Å². The van der Waals surface area contributed by atoms with E-state index >= 15 is 0 Å². The number of nitrogens with one attached hydrogen (secondary N) is 1. The SMILES string of the molecule is CCc1cc(=O)n2nc(NCc3ccccc3OC3CCC3)sc2n1. The predicted octanol–water partition coefficient (Wildman–Crippen LogP) is 3.26. The van der Waals surface area contributed by atoms with Crippen molar-refractivity contribution in [3.8, 4) is 5.75 Å². The quantitative estimate of drug-likeness (QED) is 0.734. The fraction of sp³-hybridized carbons (Fsp3) is 0.389. The minimum Gasteiger partial charge on any atom is -0.490 e. The Morgan fingerprint density at radius 2 is 2.20 bits per heavy atom. The maximum atomic E-state index is 12.1. The van der Waals surface area contributed by atoms with Gasteiger partial charge in [0.25, 0.3) is 5.56 Å². The topological polar surface area (TPSA) is 68.5 Å². The van der Waals surface area contributed by atoms with E-state index in [9.17, 15) is 4.79 Å². The van der Waals surface area contributed by atoms with Crippen molar-refractivity contribution in [2.45, 2.75) is 45.3 Å². The van der Waals surface area contributed by atoms with Crippen LogP contribution in [-0.2, 0) is 13.0 Å². The van der Waals surface area contributed by atoms with Crippen molar-refractivity contribution in [2.75, 3.05) is 5.32 Å². The Bertz CT molecular complexity index is 946. The molecule has 1 aromatic carbocycles. The molecule has 0 amide bonds. The van der Waals surface area contributed by atoms with Crippen LogP contribution in [0.4, 0.5) is 5.13 Å². The summed E-state index contributed by atoms with van der Waals surface area (Å²) in [5.41, 5.74) is 1.74. The second-order valence-electron chi connectivity index (χ2n) is 6.17. The summed E-state index contributed by atoms with van der Waals surface area (Å²) in [6.07, 6.45) is 4.59. The molecule has 0 radical (unpaired) electrons. The van der Waals surface area contributed by atoms with E-state index in [-0.39, 0.29) is 5.56 Å². The lowest BCUT2D eigenvalue weighted by atomic mass is 9.96. The van der Waals surface area contributed by atoms with E-state index in [2.05, 4.69) is 15.4 Å². The molecular weight excluding hydrogens is 336 g/mol. The van der Waals surface area contributed by atoms with Crippen molar-refractivity contribution in [1.82, 2.24) is 14.6 Å². The van der Waals surface area contributed by atoms with Crippen LogP contribution in [0.15, 0.2) is 35.1 Å². The fourth-order valence-electron chi connectivity index (χ4n) is 2.71. The minimum atomic E-state index is -0.139. The summed E-state index contributed by atoms with van der Waals surface area (Å²) >= 11 is 1.38. The standard InChI is InChI=1S/C18H20N4O2S/c1-2-13-10-16(23)22-18(20-13)25-17(21-22)19-11-12-6-3-4-9-15(12)24-14-7-5-8-14/h3-4,6,9-10,14H,2,5,7-8,11H2,1H3,(H,19,21). The smallest absolute Gasteiger partial charge is 0.275 e. The van der Waals surface area contributed by atoms with Crippen molar-refractivity contribution in [3.05, 3.63) is 51.9 Å². The first-order valence-electron chi connectivity index (χ1n) is 8.61. The largest absolute Gasteiger partial charge is 0.490 e. The zero-order chi connectivity index (χ0) is 17.2. The number of rotatable bonds is 6. The Balaban J connectivity index is 1.52. The van der Waals surface area contributed by atoms with E-state index in [1.807, 2.05) is 31.2 Å². The van der Waals surface area contributed by atoms with E-state index in [0.29, 0.717) is 22.7 Å². The van der Waals surface area contributed by atoms with Crippen LogP contribution in [0.2, 0.25) is 0 Å². The highest BCUT2D eigenvalue weighted by Crippen LogP contribution is 2.28. The highest BCUT2D eigenvalue weighted by Gasteiger charge is 2.20. The van der Waals surface area contributed by atoms with Crippen molar-refractivity contribution in [3.63, 3.8) is 0 Å². The highest BCUT2D eigenvalue weighted by atomic mass is 32.1. The first kappa shape index (κ1) is 16.1. The van der Waals surface area contributed by atoms with Gasteiger partial charge in [-0.15, -0.1) is 5.10 Å². The molecule has 0 spiro atoms. The third-order valence-corrected chi connectivity index (χ3v) is 5.27. The highest BCUT2D eigenvalue weighted by molar-refractivity contribution is 7.20. The normalized spacial score (nSPS) is 14.4. The first-order valence-corrected chi connectivity index (χ1v) is 9.43. The molecule has 1 saturated carbocycles. The molecule has 1 aliphatic rings. The molecule has 1 aliphatic carbocycles. The molecule has 7 heteroatoms. The van der Waals surface area contributed by atoms with Gasteiger partial charge >= 0.3 is 0 Å². The molecule has 2 aromatic heterocycles. The number of aromatic nitrogens is 3. The van der Waals surface area contributed by atoms with Crippen LogP contribution in [0.25, 0.3) is 4.96 Å². The summed E-state index contributed by atoms with van der Waals surface area (Å²) in [5.74, 6) is 0.921. The van der Waals surface area contributed by atoms with Gasteiger partial charge in [-0.05, 0) is 31.7 Å². The number of para-hydroxylation sites is 1. The summed E-state index contributed by atoms with van der Waals surface area (Å²) in [6, 6.07) is 9.59. The van der Waals surface area contributed by atoms with Gasteiger partial charge < -0.3 is 10.1 Å². The Morgan fingerprint density at radius 1 is 1.36 bits per heavy atom. The summed E-state index contributed by atoms with van der Waals surface area (Å²) in [7, 11) is 0. The van der Waals surface area contributed by atoms with Gasteiger partial charge in [-0.1, -0.05) is 36.5 Å². The van der Waals surface area contributed by atoms with E-state index < -0.39 is 0 Å². The number of benzene rings is 1. The number of nitrogens with zero attached hydrogens (tertiary/aromatic N) is 3. The van der Waals surface area contributed by atoms with Crippen LogP contribution >= 0.6 is 11.3 Å². The average molecular weight is 356 g/mol. The monoisotopic (exact) mass is 356 g/mol. The number of hydrogen-bond acceptors (Lipinski definition) is 6. The van der Waals surface area contributed by atoms with E-state index in [4.69, 9.17) is 4.74 Å². The third-order valence-electron chi connectivity index (χ3n) is 4.41. The van der Waals surface area contributed by atoms with Gasteiger partial charge in [0.05, 0.1) is 6.10 Å². The average Bonchev–Trinajstić information content (AvgIpc) is 3.00. The van der Waals surface area contributed by atoms with Crippen LogP contribution in [-0.4, -0.2) is 20.7 Å². The van der Waals surface area contributed by atoms with Gasteiger partial charge in [0.15, 0.2) is 0 Å². The lowest BCUT2D eigenvalue weighted by Gasteiger charge is -2.27. The van der Waals surface area contributed by atoms with Gasteiger partial charge in [-0.25, -0.2) is 4.98 Å². The summed E-state index contributed by atoms with van der Waals surface area (Å²) in [5, 5.41) is 8.30. The van der Waals surface area contributed by atoms with Crippen molar-refractivity contribution in [1.29, 1.82) is 0 Å². The number of hydrogen-bond donors (Lipinski definition) is 1. The van der Waals surface area contributed by atoms with E-state index in [0.717, 1.165) is 36.3 Å². The Morgan fingerprint density at radius 3 is 2.96 bits per heavy atom. The van der Waals surface area contributed by atoms with Gasteiger partial charge in [0.2, 0.25) is 10.1 Å². The van der Waals surface area contributed by atoms with Gasteiger partial charge in [-0.3, -0.25) is 4.79 Å². The molecule has 130 valence electrons. The second-order valence-corrected chi connectivity index (χ2v) is 7.13. The van der Waals surface area contributed by atoms with Crippen LogP contribution in [0, 0.1) is 0 Å². The van der Waals surface area contributed by atoms with Crippen molar-refractivity contribution in [2.24, 2.45) is 0 Å². The predicted molar refractivity (Wildman–Crippen MR) is 98.5 cm³/mol. The first-order chi connectivity index (χ1) is 12.2. The molecule has 0 saturated heterocycles. The summed E-state index contributed by atoms with van der Waals surface area (Å²) in [4.78, 5) is 17.2. The van der Waals surface area contributed by atoms with Crippen molar-refractivity contribution < 1.29 is 4.74 Å². The van der Waals surface area contributed by atoms with E-state index in [1.54, 1.807) is 0 Å². The lowest BCUT2D eigenvalue weighted by Crippen LogP contribution is -2.25. The molecule has 0 unspecified atom stereocenters. The third kappa shape index (κ3) is 3.37. The van der Waals surface area contributed by atoms with E-state index in [1.165, 1.54) is 28.3 Å². The number of aryl methyl sites for hydroxylation is 1. The maximum Gasteiger partial charge on any atom is 0.275 e. The molecule has 2 heterocycles. The Labute approximate surface area is 149 Å². The molecular formula is C18H20N4O2S. The fourth-order valence-corrected chi connectivity index (χ4v) is 3.53. The number of anilines is 1. The minimum absolute atomic E-state index is 0.139. The van der Waals surface area contributed by atoms with Crippen molar-refractivity contribution >= 4 is 21.4 Å². The Hall–Kier alpha value is -2.41. The van der Waals surface area contributed by atoms with Crippen LogP contribution in [0.3, 0.4) is 0 Å². The number of ether oxygens (including phenoxy) is 1. The molecule has 0 bridgehead atoms. The van der Waals surface area contributed by atoms with Gasteiger partial charge in [0.1, 0.15) is 5.75 Å². The van der Waals surface area contributed by atoms with Gasteiger partial charge in [0, 0.05) is 23.9 Å². The zero-order valence-electron chi connectivity index (χ0n) is 14.1. The number of fused-ring (bicyclic) bond motifs is 1. The van der Waals surface area contributed by atoms with Crippen LogP contribution in [0.1, 0.15) is 37.4 Å². The summed E-state index contributed by atoms with van der Waals surface area (Å²) in [6.45, 7) is 2.58. The molecule has 0 aliphatic heterocycles. The molecule has 1 fully saturated rings.